The Morgan fingerprint density at radius 3 is 2.80 bits per heavy atom. The van der Waals surface area contributed by atoms with Gasteiger partial charge in [-0.2, -0.15) is 15.4 Å². The second-order valence-electron chi connectivity index (χ2n) is 3.02. The Morgan fingerprint density at radius 2 is 2.20 bits per heavy atom. The van der Waals surface area contributed by atoms with Crippen LogP contribution in [0.25, 0.3) is 0 Å². The second kappa shape index (κ2) is 4.39. The highest BCUT2D eigenvalue weighted by atomic mass is 35.5. The van der Waals surface area contributed by atoms with Crippen molar-refractivity contribution < 1.29 is 0 Å². The van der Waals surface area contributed by atoms with E-state index in [1.54, 1.807) is 12.3 Å². The average molecular weight is 224 g/mol. The topological polar surface area (TPSA) is 79.6 Å². The number of hydrazine groups is 1. The lowest BCUT2D eigenvalue weighted by Gasteiger charge is -2.14. The summed E-state index contributed by atoms with van der Waals surface area (Å²) in [7, 11) is 0. The van der Waals surface area contributed by atoms with E-state index < -0.39 is 0 Å². The first-order valence-corrected chi connectivity index (χ1v) is 4.77. The number of nitrogens with two attached hydrogens (primary N) is 1. The Labute approximate surface area is 91.6 Å². The molecule has 1 aromatic carbocycles. The zero-order valence-electron chi connectivity index (χ0n) is 7.81. The first kappa shape index (κ1) is 10.1. The molecule has 5 nitrogen and oxygen atoms in total. The molecule has 15 heavy (non-hydrogen) atoms. The van der Waals surface area contributed by atoms with Crippen LogP contribution in [-0.2, 0) is 0 Å². The van der Waals surface area contributed by atoms with Gasteiger partial charge in [0.25, 0.3) is 0 Å². The standard InChI is InChI=1S/C9H10ClN5/c10-7-4-2-1-3-6(7)9(13-11)8-5-12-15-14-8/h1-5,9,13H,11H2,(H,12,14,15). The third-order valence-electron chi connectivity index (χ3n) is 2.11. The van der Waals surface area contributed by atoms with Crippen molar-refractivity contribution in [1.82, 2.24) is 20.8 Å². The second-order valence-corrected chi connectivity index (χ2v) is 3.42. The third-order valence-corrected chi connectivity index (χ3v) is 2.46. The number of aromatic nitrogens is 3. The summed E-state index contributed by atoms with van der Waals surface area (Å²) in [5.41, 5.74) is 4.23. The average Bonchev–Trinajstić information content (AvgIpc) is 2.75. The molecule has 0 aliphatic rings. The lowest BCUT2D eigenvalue weighted by Crippen LogP contribution is -2.29. The number of hydrogen-bond donors (Lipinski definition) is 3. The third kappa shape index (κ3) is 1.99. The molecule has 0 amide bonds. The normalized spacial score (nSPS) is 12.7. The molecule has 0 radical (unpaired) electrons. The van der Waals surface area contributed by atoms with Crippen LogP contribution in [0, 0.1) is 0 Å². The number of nitrogens with one attached hydrogen (secondary N) is 2. The van der Waals surface area contributed by atoms with Crippen LogP contribution >= 0.6 is 11.6 Å². The fourth-order valence-corrected chi connectivity index (χ4v) is 1.64. The smallest absolute Gasteiger partial charge is 0.105 e. The number of nitrogens with zero attached hydrogens (tertiary/aromatic N) is 2. The Kier molecular flexibility index (Phi) is 2.96. The van der Waals surface area contributed by atoms with Crippen molar-refractivity contribution in [2.24, 2.45) is 5.84 Å². The molecule has 4 N–H and O–H groups in total. The number of hydrogen-bond acceptors (Lipinski definition) is 4. The minimum Gasteiger partial charge on any atom is -0.271 e. The van der Waals surface area contributed by atoms with E-state index in [9.17, 15) is 0 Å². The fraction of sp³-hybridized carbons (Fsp3) is 0.111. The summed E-state index contributed by atoms with van der Waals surface area (Å²) in [4.78, 5) is 0. The molecule has 1 aromatic heterocycles. The van der Waals surface area contributed by atoms with Crippen LogP contribution in [0.2, 0.25) is 5.02 Å². The summed E-state index contributed by atoms with van der Waals surface area (Å²) >= 11 is 6.06. The van der Waals surface area contributed by atoms with Gasteiger partial charge >= 0.3 is 0 Å². The zero-order valence-corrected chi connectivity index (χ0v) is 8.57. The van der Waals surface area contributed by atoms with Crippen molar-refractivity contribution >= 4 is 11.6 Å². The highest BCUT2D eigenvalue weighted by Gasteiger charge is 2.17. The van der Waals surface area contributed by atoms with Crippen molar-refractivity contribution in [3.63, 3.8) is 0 Å². The van der Waals surface area contributed by atoms with E-state index in [1.807, 2.05) is 18.2 Å². The Morgan fingerprint density at radius 1 is 1.40 bits per heavy atom. The van der Waals surface area contributed by atoms with Crippen LogP contribution in [0.4, 0.5) is 0 Å². The summed E-state index contributed by atoms with van der Waals surface area (Å²) in [6.45, 7) is 0. The molecule has 1 heterocycles. The van der Waals surface area contributed by atoms with Crippen molar-refractivity contribution in [2.75, 3.05) is 0 Å². The maximum absolute atomic E-state index is 6.06. The minimum absolute atomic E-state index is 0.252. The number of benzene rings is 1. The Bertz CT molecular complexity index is 428. The molecule has 78 valence electrons. The van der Waals surface area contributed by atoms with Gasteiger partial charge in [0, 0.05) is 5.02 Å². The van der Waals surface area contributed by atoms with Crippen molar-refractivity contribution in [2.45, 2.75) is 6.04 Å². The maximum atomic E-state index is 6.06. The molecule has 0 aliphatic heterocycles. The molecule has 1 atom stereocenters. The van der Waals surface area contributed by atoms with E-state index in [0.717, 1.165) is 5.56 Å². The molecule has 1 unspecified atom stereocenters. The summed E-state index contributed by atoms with van der Waals surface area (Å²) < 4.78 is 0. The van der Waals surface area contributed by atoms with Gasteiger partial charge in [-0.05, 0) is 11.6 Å². The number of aromatic amines is 1. The summed E-state index contributed by atoms with van der Waals surface area (Å²) in [6, 6.07) is 7.20. The molecule has 2 aromatic rings. The number of halogens is 1. The van der Waals surface area contributed by atoms with Crippen LogP contribution in [-0.4, -0.2) is 15.4 Å². The van der Waals surface area contributed by atoms with E-state index in [0.29, 0.717) is 10.7 Å². The van der Waals surface area contributed by atoms with Gasteiger partial charge in [-0.3, -0.25) is 5.84 Å². The summed E-state index contributed by atoms with van der Waals surface area (Å²) in [5.74, 6) is 5.47. The van der Waals surface area contributed by atoms with Crippen LogP contribution < -0.4 is 11.3 Å². The van der Waals surface area contributed by atoms with Gasteiger partial charge in [0.1, 0.15) is 5.69 Å². The van der Waals surface area contributed by atoms with Crippen molar-refractivity contribution in [3.05, 3.63) is 46.7 Å². The fourth-order valence-electron chi connectivity index (χ4n) is 1.39. The van der Waals surface area contributed by atoms with E-state index in [1.165, 1.54) is 0 Å². The molecule has 0 bridgehead atoms. The molecular formula is C9H10ClN5. The zero-order chi connectivity index (χ0) is 10.7. The Hall–Kier alpha value is -1.43. The largest absolute Gasteiger partial charge is 0.271 e. The molecule has 0 saturated carbocycles. The summed E-state index contributed by atoms with van der Waals surface area (Å²) in [6.07, 6.45) is 1.61. The predicted octanol–water partition coefficient (Wildman–Crippen LogP) is 1.01. The first-order chi connectivity index (χ1) is 7.33. The molecule has 0 fully saturated rings. The lowest BCUT2D eigenvalue weighted by atomic mass is 10.1. The Balaban J connectivity index is 2.40. The van der Waals surface area contributed by atoms with E-state index in [4.69, 9.17) is 17.4 Å². The number of H-pyrrole nitrogens is 1. The first-order valence-electron chi connectivity index (χ1n) is 4.39. The number of rotatable bonds is 3. The van der Waals surface area contributed by atoms with E-state index >= 15 is 0 Å². The van der Waals surface area contributed by atoms with Crippen LogP contribution in [0.1, 0.15) is 17.3 Å². The lowest BCUT2D eigenvalue weighted by molar-refractivity contribution is 0.618. The summed E-state index contributed by atoms with van der Waals surface area (Å²) in [5, 5.41) is 10.9. The van der Waals surface area contributed by atoms with Gasteiger partial charge in [0.15, 0.2) is 0 Å². The van der Waals surface area contributed by atoms with Gasteiger partial charge in [-0.15, -0.1) is 0 Å². The predicted molar refractivity (Wildman–Crippen MR) is 57.0 cm³/mol. The highest BCUT2D eigenvalue weighted by molar-refractivity contribution is 6.31. The SMILES string of the molecule is NNC(c1cn[nH]n1)c1ccccc1Cl. The molecule has 0 aliphatic carbocycles. The quantitative estimate of drug-likeness (QED) is 0.536. The molecule has 6 heteroatoms. The molecular weight excluding hydrogens is 214 g/mol. The molecule has 0 spiro atoms. The highest BCUT2D eigenvalue weighted by Crippen LogP contribution is 2.25. The monoisotopic (exact) mass is 223 g/mol. The van der Waals surface area contributed by atoms with E-state index in [2.05, 4.69) is 20.8 Å². The van der Waals surface area contributed by atoms with Gasteiger partial charge in [-0.1, -0.05) is 29.8 Å². The van der Waals surface area contributed by atoms with Gasteiger partial charge < -0.3 is 0 Å². The van der Waals surface area contributed by atoms with Gasteiger partial charge in [0.05, 0.1) is 12.2 Å². The van der Waals surface area contributed by atoms with Crippen LogP contribution in [0.5, 0.6) is 0 Å². The molecule has 0 saturated heterocycles. The molecule has 2 rings (SSSR count). The maximum Gasteiger partial charge on any atom is 0.105 e. The van der Waals surface area contributed by atoms with Gasteiger partial charge in [-0.25, -0.2) is 5.43 Å². The van der Waals surface area contributed by atoms with Crippen LogP contribution in [0.15, 0.2) is 30.5 Å². The van der Waals surface area contributed by atoms with Crippen molar-refractivity contribution in [3.8, 4) is 0 Å². The van der Waals surface area contributed by atoms with E-state index in [-0.39, 0.29) is 6.04 Å². The van der Waals surface area contributed by atoms with Crippen LogP contribution in [0.3, 0.4) is 0 Å². The van der Waals surface area contributed by atoms with Gasteiger partial charge in [0.2, 0.25) is 0 Å². The van der Waals surface area contributed by atoms with Crippen molar-refractivity contribution in [1.29, 1.82) is 0 Å². The minimum atomic E-state index is -0.252.